The van der Waals surface area contributed by atoms with Gasteiger partial charge in [0.15, 0.2) is 0 Å². The van der Waals surface area contributed by atoms with E-state index in [0.29, 0.717) is 0 Å². The van der Waals surface area contributed by atoms with Crippen molar-refractivity contribution in [2.45, 2.75) is 13.3 Å². The number of allylic oxidation sites excluding steroid dienone is 1. The zero-order chi connectivity index (χ0) is 12.0. The molecule has 0 fully saturated rings. The summed E-state index contributed by atoms with van der Waals surface area (Å²) >= 11 is 0. The number of ether oxygens (including phenoxy) is 1. The van der Waals surface area contributed by atoms with Gasteiger partial charge in [0.05, 0.1) is 6.61 Å². The maximum Gasteiger partial charge on any atom is 0.366 e. The fraction of sp³-hybridized carbons (Fsp3) is 0.250. The highest BCUT2D eigenvalue weighted by atomic mass is 19.1. The molecule has 0 saturated carbocycles. The maximum atomic E-state index is 13.1. The summed E-state index contributed by atoms with van der Waals surface area (Å²) in [5.41, 5.74) is 0.723. The minimum absolute atomic E-state index is 0.136. The lowest BCUT2D eigenvalue weighted by atomic mass is 10.1. The van der Waals surface area contributed by atoms with Gasteiger partial charge < -0.3 is 4.74 Å². The van der Waals surface area contributed by atoms with Crippen molar-refractivity contribution < 1.29 is 18.3 Å². The number of carbonyl (C=O) groups excluding carboxylic acids is 1. The summed E-state index contributed by atoms with van der Waals surface area (Å²) in [7, 11) is 0. The molecule has 0 N–H and O–H groups in total. The Kier molecular flexibility index (Phi) is 4.64. The molecule has 1 aromatic carbocycles. The van der Waals surface area contributed by atoms with E-state index in [1.54, 1.807) is 6.92 Å². The van der Waals surface area contributed by atoms with Gasteiger partial charge in [-0.05, 0) is 37.1 Å². The number of rotatable bonds is 4. The first-order valence-electron chi connectivity index (χ1n) is 4.90. The first kappa shape index (κ1) is 12.4. The van der Waals surface area contributed by atoms with Gasteiger partial charge in [0.25, 0.3) is 0 Å². The Hall–Kier alpha value is -1.71. The van der Waals surface area contributed by atoms with E-state index in [1.165, 1.54) is 24.3 Å². The van der Waals surface area contributed by atoms with Crippen molar-refractivity contribution in [2.24, 2.45) is 0 Å². The third-order valence-corrected chi connectivity index (χ3v) is 1.90. The number of halogens is 2. The van der Waals surface area contributed by atoms with E-state index in [0.717, 1.165) is 11.6 Å². The average Bonchev–Trinajstić information content (AvgIpc) is 2.28. The maximum absolute atomic E-state index is 13.1. The molecule has 0 spiro atoms. The molecule has 0 radical (unpaired) electrons. The lowest BCUT2D eigenvalue weighted by Gasteiger charge is -1.99. The first-order chi connectivity index (χ1) is 7.63. The van der Waals surface area contributed by atoms with Crippen LogP contribution >= 0.6 is 0 Å². The van der Waals surface area contributed by atoms with Gasteiger partial charge in [-0.15, -0.1) is 0 Å². The van der Waals surface area contributed by atoms with Crippen LogP contribution in [0.25, 0.3) is 0 Å². The largest absolute Gasteiger partial charge is 0.461 e. The number of benzene rings is 1. The molecule has 0 aliphatic heterocycles. The summed E-state index contributed by atoms with van der Waals surface area (Å²) in [6.45, 7) is 1.74. The zero-order valence-corrected chi connectivity index (χ0v) is 8.87. The van der Waals surface area contributed by atoms with Gasteiger partial charge in [0.1, 0.15) is 5.82 Å². The minimum Gasteiger partial charge on any atom is -0.461 e. The second-order valence-corrected chi connectivity index (χ2v) is 3.10. The second kappa shape index (κ2) is 6.00. The summed E-state index contributed by atoms with van der Waals surface area (Å²) in [6, 6.07) is 5.63. The molecule has 86 valence electrons. The van der Waals surface area contributed by atoms with E-state index in [9.17, 15) is 13.6 Å². The standard InChI is InChI=1S/C12H12F2O2/c1-2-16-12(15)11(14)8-5-9-3-6-10(13)7-4-9/h3-4,6-8H,2,5H2,1H3. The molecule has 0 aliphatic rings. The molecule has 2 nitrogen and oxygen atoms in total. The third-order valence-electron chi connectivity index (χ3n) is 1.90. The predicted molar refractivity (Wildman–Crippen MR) is 55.9 cm³/mol. The van der Waals surface area contributed by atoms with Crippen LogP contribution in [0.3, 0.4) is 0 Å². The normalized spacial score (nSPS) is 11.3. The van der Waals surface area contributed by atoms with Crippen molar-refractivity contribution in [2.75, 3.05) is 6.61 Å². The van der Waals surface area contributed by atoms with Crippen molar-refractivity contribution >= 4 is 5.97 Å². The van der Waals surface area contributed by atoms with E-state index in [4.69, 9.17) is 0 Å². The van der Waals surface area contributed by atoms with Crippen LogP contribution in [-0.4, -0.2) is 12.6 Å². The first-order valence-corrected chi connectivity index (χ1v) is 4.90. The van der Waals surface area contributed by atoms with Crippen molar-refractivity contribution in [3.8, 4) is 0 Å². The van der Waals surface area contributed by atoms with Gasteiger partial charge in [0.2, 0.25) is 5.83 Å². The Bertz CT molecular complexity index is 383. The molecular formula is C12H12F2O2. The van der Waals surface area contributed by atoms with Crippen LogP contribution in [0.2, 0.25) is 0 Å². The van der Waals surface area contributed by atoms with Gasteiger partial charge in [-0.1, -0.05) is 12.1 Å². The van der Waals surface area contributed by atoms with Crippen LogP contribution < -0.4 is 0 Å². The van der Waals surface area contributed by atoms with Crippen molar-refractivity contribution in [3.63, 3.8) is 0 Å². The molecule has 4 heteroatoms. The summed E-state index contributed by atoms with van der Waals surface area (Å²) in [5.74, 6) is -2.24. The van der Waals surface area contributed by atoms with Crippen molar-refractivity contribution in [1.82, 2.24) is 0 Å². The molecule has 0 amide bonds. The minimum atomic E-state index is -0.968. The number of esters is 1. The summed E-state index contributed by atoms with van der Waals surface area (Å²) < 4.78 is 30.1. The fourth-order valence-electron chi connectivity index (χ4n) is 1.11. The molecule has 16 heavy (non-hydrogen) atoms. The highest BCUT2D eigenvalue weighted by Gasteiger charge is 2.08. The predicted octanol–water partition coefficient (Wildman–Crippen LogP) is 2.78. The van der Waals surface area contributed by atoms with Gasteiger partial charge in [-0.3, -0.25) is 0 Å². The van der Waals surface area contributed by atoms with Crippen LogP contribution in [0.15, 0.2) is 36.2 Å². The quantitative estimate of drug-likeness (QED) is 0.583. The molecule has 1 rings (SSSR count). The lowest BCUT2D eigenvalue weighted by molar-refractivity contribution is -0.140. The van der Waals surface area contributed by atoms with Crippen LogP contribution in [0.1, 0.15) is 12.5 Å². The lowest BCUT2D eigenvalue weighted by Crippen LogP contribution is -2.04. The molecule has 0 aliphatic carbocycles. The van der Waals surface area contributed by atoms with Crippen molar-refractivity contribution in [3.05, 3.63) is 47.5 Å². The Morgan fingerprint density at radius 1 is 1.38 bits per heavy atom. The SMILES string of the molecule is CCOC(=O)C(F)=CCc1ccc(F)cc1. The monoisotopic (exact) mass is 226 g/mol. The third kappa shape index (κ3) is 3.81. The van der Waals surface area contributed by atoms with E-state index in [2.05, 4.69) is 4.74 Å². The fourth-order valence-corrected chi connectivity index (χ4v) is 1.11. The van der Waals surface area contributed by atoms with Gasteiger partial charge >= 0.3 is 5.97 Å². The van der Waals surface area contributed by atoms with Crippen LogP contribution in [-0.2, 0) is 16.0 Å². The van der Waals surface area contributed by atoms with Crippen LogP contribution in [0, 0.1) is 5.82 Å². The molecule has 0 aromatic heterocycles. The molecule has 0 unspecified atom stereocenters. The Morgan fingerprint density at radius 3 is 2.56 bits per heavy atom. The van der Waals surface area contributed by atoms with E-state index in [1.807, 2.05) is 0 Å². The molecule has 0 bridgehead atoms. The average molecular weight is 226 g/mol. The number of carbonyl (C=O) groups is 1. The molecule has 0 atom stereocenters. The van der Waals surface area contributed by atoms with E-state index >= 15 is 0 Å². The van der Waals surface area contributed by atoms with Gasteiger partial charge in [-0.2, -0.15) is 4.39 Å². The molecule has 0 saturated heterocycles. The Morgan fingerprint density at radius 2 is 2.00 bits per heavy atom. The van der Waals surface area contributed by atoms with Gasteiger partial charge in [-0.25, -0.2) is 9.18 Å². The molecule has 1 aromatic rings. The number of hydrogen-bond acceptors (Lipinski definition) is 2. The highest BCUT2D eigenvalue weighted by Crippen LogP contribution is 2.07. The second-order valence-electron chi connectivity index (χ2n) is 3.10. The summed E-state index contributed by atoms with van der Waals surface area (Å²) in [5, 5.41) is 0. The molecule has 0 heterocycles. The molecular weight excluding hydrogens is 214 g/mol. The number of hydrogen-bond donors (Lipinski definition) is 0. The summed E-state index contributed by atoms with van der Waals surface area (Å²) in [6.07, 6.45) is 1.34. The van der Waals surface area contributed by atoms with Gasteiger partial charge in [0, 0.05) is 0 Å². The highest BCUT2D eigenvalue weighted by molar-refractivity contribution is 5.85. The van der Waals surface area contributed by atoms with E-state index in [-0.39, 0.29) is 18.8 Å². The Balaban J connectivity index is 2.58. The Labute approximate surface area is 92.5 Å². The van der Waals surface area contributed by atoms with Crippen LogP contribution in [0.5, 0.6) is 0 Å². The van der Waals surface area contributed by atoms with E-state index < -0.39 is 11.8 Å². The van der Waals surface area contributed by atoms with Crippen LogP contribution in [0.4, 0.5) is 8.78 Å². The zero-order valence-electron chi connectivity index (χ0n) is 8.87. The van der Waals surface area contributed by atoms with Crippen molar-refractivity contribution in [1.29, 1.82) is 0 Å². The smallest absolute Gasteiger partial charge is 0.366 e. The topological polar surface area (TPSA) is 26.3 Å². The summed E-state index contributed by atoms with van der Waals surface area (Å²) in [4.78, 5) is 10.9.